The van der Waals surface area contributed by atoms with Crippen LogP contribution in [0.25, 0.3) is 22.9 Å². The zero-order chi connectivity index (χ0) is 25.6. The van der Waals surface area contributed by atoms with Crippen LogP contribution in [0, 0.1) is 0 Å². The topological polar surface area (TPSA) is 78.7 Å². The third-order valence-corrected chi connectivity index (χ3v) is 6.24. The molecule has 188 valence electrons. The fourth-order valence-corrected chi connectivity index (χ4v) is 4.45. The molecule has 0 aliphatic carbocycles. The number of alkyl halides is 3. The van der Waals surface area contributed by atoms with Gasteiger partial charge in [-0.05, 0) is 57.9 Å². The predicted molar refractivity (Wildman–Crippen MR) is 130 cm³/mol. The van der Waals surface area contributed by atoms with Crippen molar-refractivity contribution in [3.8, 4) is 22.9 Å². The predicted octanol–water partition coefficient (Wildman–Crippen LogP) is 6.19. The van der Waals surface area contributed by atoms with Gasteiger partial charge in [0.05, 0.1) is 22.6 Å². The zero-order valence-corrected chi connectivity index (χ0v) is 20.7. The van der Waals surface area contributed by atoms with Gasteiger partial charge in [0, 0.05) is 30.9 Å². The smallest absolute Gasteiger partial charge is 0.331 e. The van der Waals surface area contributed by atoms with E-state index in [0.717, 1.165) is 31.3 Å². The zero-order valence-electron chi connectivity index (χ0n) is 20.0. The van der Waals surface area contributed by atoms with Gasteiger partial charge in [0.15, 0.2) is 11.5 Å². The highest BCUT2D eigenvalue weighted by molar-refractivity contribution is 6.32. The van der Waals surface area contributed by atoms with E-state index >= 15 is 0 Å². The normalized spacial score (nSPS) is 15.2. The van der Waals surface area contributed by atoms with Crippen LogP contribution >= 0.6 is 11.6 Å². The molecule has 0 radical (unpaired) electrons. The van der Waals surface area contributed by atoms with Crippen LogP contribution in [-0.2, 0) is 19.3 Å². The standard InChI is InChI=1S/C24H24ClF3N8/c1-4-34-13-19(24(26,27)28)31-22(34)15-7-9-16(10-8-15)30-18-6-5-11-35-23(18)32-21(33-35)20-17(25)12-29-36(20)14(2)3/h7-10,12-14H,4-6,11H2,1-3H3/b30-18+. The number of rotatable bonds is 5. The van der Waals surface area contributed by atoms with Crippen LogP contribution in [0.2, 0.25) is 5.02 Å². The molecule has 3 aromatic heterocycles. The van der Waals surface area contributed by atoms with Gasteiger partial charge in [-0.1, -0.05) is 11.6 Å². The van der Waals surface area contributed by atoms with Gasteiger partial charge in [-0.3, -0.25) is 4.68 Å². The summed E-state index contributed by atoms with van der Waals surface area (Å²) in [5.74, 6) is 1.44. The number of aliphatic imine (C=N–C) groups is 1. The number of nitrogens with zero attached hydrogens (tertiary/aromatic N) is 8. The largest absolute Gasteiger partial charge is 0.434 e. The minimum atomic E-state index is -4.49. The molecular weight excluding hydrogens is 493 g/mol. The lowest BCUT2D eigenvalue weighted by atomic mass is 10.1. The molecule has 0 saturated heterocycles. The van der Waals surface area contributed by atoms with Crippen LogP contribution in [0.3, 0.4) is 0 Å². The second kappa shape index (κ2) is 9.20. The Morgan fingerprint density at radius 3 is 2.53 bits per heavy atom. The maximum atomic E-state index is 13.1. The lowest BCUT2D eigenvalue weighted by Crippen LogP contribution is -2.18. The highest BCUT2D eigenvalue weighted by Crippen LogP contribution is 2.32. The molecule has 0 bridgehead atoms. The van der Waals surface area contributed by atoms with Crippen molar-refractivity contribution in [2.75, 3.05) is 0 Å². The van der Waals surface area contributed by atoms with E-state index in [1.807, 2.05) is 18.5 Å². The Balaban J connectivity index is 1.46. The van der Waals surface area contributed by atoms with Crippen molar-refractivity contribution >= 4 is 23.0 Å². The Bertz CT molecular complexity index is 1430. The number of fused-ring (bicyclic) bond motifs is 1. The summed E-state index contributed by atoms with van der Waals surface area (Å²) in [6, 6.07) is 7.09. The van der Waals surface area contributed by atoms with Crippen LogP contribution in [0.15, 0.2) is 41.7 Å². The summed E-state index contributed by atoms with van der Waals surface area (Å²) in [6.45, 7) is 6.89. The second-order valence-corrected chi connectivity index (χ2v) is 9.21. The first kappa shape index (κ1) is 24.2. The number of hydrogen-bond donors (Lipinski definition) is 0. The number of halogens is 4. The first-order valence-electron chi connectivity index (χ1n) is 11.7. The summed E-state index contributed by atoms with van der Waals surface area (Å²) in [7, 11) is 0. The molecule has 0 amide bonds. The van der Waals surface area contributed by atoms with Gasteiger partial charge >= 0.3 is 6.18 Å². The molecule has 0 saturated carbocycles. The second-order valence-electron chi connectivity index (χ2n) is 8.80. The molecule has 4 aromatic rings. The number of imidazole rings is 1. The molecule has 12 heteroatoms. The van der Waals surface area contributed by atoms with Gasteiger partial charge in [0.25, 0.3) is 0 Å². The van der Waals surface area contributed by atoms with Gasteiger partial charge < -0.3 is 4.57 Å². The third kappa shape index (κ3) is 4.43. The number of hydrogen-bond acceptors (Lipinski definition) is 5. The van der Waals surface area contributed by atoms with Crippen molar-refractivity contribution < 1.29 is 13.2 Å². The van der Waals surface area contributed by atoms with E-state index in [-0.39, 0.29) is 11.9 Å². The average Bonchev–Trinajstić information content (AvgIpc) is 3.55. The van der Waals surface area contributed by atoms with Crippen LogP contribution in [0.4, 0.5) is 18.9 Å². The van der Waals surface area contributed by atoms with Crippen molar-refractivity contribution in [3.05, 3.63) is 53.2 Å². The van der Waals surface area contributed by atoms with Crippen molar-refractivity contribution in [1.82, 2.24) is 34.1 Å². The van der Waals surface area contributed by atoms with Gasteiger partial charge in [0.2, 0.25) is 5.82 Å². The summed E-state index contributed by atoms with van der Waals surface area (Å²) in [4.78, 5) is 13.3. The first-order valence-corrected chi connectivity index (χ1v) is 12.0. The summed E-state index contributed by atoms with van der Waals surface area (Å²) in [6.07, 6.45) is -0.277. The molecule has 1 aliphatic heterocycles. The fourth-order valence-electron chi connectivity index (χ4n) is 4.23. The van der Waals surface area contributed by atoms with Crippen LogP contribution in [-0.4, -0.2) is 39.8 Å². The van der Waals surface area contributed by atoms with E-state index in [2.05, 4.69) is 15.2 Å². The molecule has 1 aliphatic rings. The molecule has 36 heavy (non-hydrogen) atoms. The molecule has 4 heterocycles. The van der Waals surface area contributed by atoms with E-state index in [1.165, 1.54) is 4.57 Å². The van der Waals surface area contributed by atoms with Crippen molar-refractivity contribution in [2.45, 2.75) is 58.9 Å². The van der Waals surface area contributed by atoms with Crippen molar-refractivity contribution in [2.24, 2.45) is 4.99 Å². The average molecular weight is 517 g/mol. The molecule has 5 rings (SSSR count). The lowest BCUT2D eigenvalue weighted by molar-refractivity contribution is -0.140. The van der Waals surface area contributed by atoms with Gasteiger partial charge in [-0.2, -0.15) is 18.3 Å². The van der Waals surface area contributed by atoms with Gasteiger partial charge in [0.1, 0.15) is 11.5 Å². The molecule has 0 N–H and O–H groups in total. The molecule has 0 fully saturated rings. The molecule has 1 aromatic carbocycles. The Morgan fingerprint density at radius 2 is 1.86 bits per heavy atom. The third-order valence-electron chi connectivity index (χ3n) is 5.96. The highest BCUT2D eigenvalue weighted by atomic mass is 35.5. The summed E-state index contributed by atoms with van der Waals surface area (Å²) in [5, 5.41) is 9.49. The highest BCUT2D eigenvalue weighted by Gasteiger charge is 2.34. The minimum absolute atomic E-state index is 0.0928. The summed E-state index contributed by atoms with van der Waals surface area (Å²) in [5.41, 5.74) is 1.81. The lowest BCUT2D eigenvalue weighted by Gasteiger charge is -2.14. The van der Waals surface area contributed by atoms with E-state index < -0.39 is 11.9 Å². The number of benzene rings is 1. The minimum Gasteiger partial charge on any atom is -0.331 e. The van der Waals surface area contributed by atoms with Crippen LogP contribution < -0.4 is 0 Å². The first-order chi connectivity index (χ1) is 17.2. The Hall–Kier alpha value is -3.47. The maximum absolute atomic E-state index is 13.1. The molecule has 0 atom stereocenters. The Morgan fingerprint density at radius 1 is 1.11 bits per heavy atom. The Labute approximate surface area is 210 Å². The number of aromatic nitrogens is 7. The SMILES string of the molecule is CCn1cc(C(F)(F)F)nc1-c1ccc(/N=C2\CCCn3nc(-c4c(Cl)cnn4C(C)C)nc32)cc1. The molecule has 8 nitrogen and oxygen atoms in total. The summed E-state index contributed by atoms with van der Waals surface area (Å²) >= 11 is 6.39. The number of aryl methyl sites for hydroxylation is 2. The molecule has 0 spiro atoms. The monoisotopic (exact) mass is 516 g/mol. The fraction of sp³-hybridized carbons (Fsp3) is 0.375. The van der Waals surface area contributed by atoms with E-state index in [4.69, 9.17) is 21.6 Å². The molecule has 0 unspecified atom stereocenters. The quantitative estimate of drug-likeness (QED) is 0.317. The van der Waals surface area contributed by atoms with E-state index in [0.29, 0.717) is 40.2 Å². The Kier molecular flexibility index (Phi) is 6.19. The maximum Gasteiger partial charge on any atom is 0.434 e. The van der Waals surface area contributed by atoms with Crippen molar-refractivity contribution in [3.63, 3.8) is 0 Å². The van der Waals surface area contributed by atoms with E-state index in [9.17, 15) is 13.2 Å². The van der Waals surface area contributed by atoms with Crippen LogP contribution in [0.1, 0.15) is 51.2 Å². The van der Waals surface area contributed by atoms with Gasteiger partial charge in [-0.15, -0.1) is 5.10 Å². The van der Waals surface area contributed by atoms with Gasteiger partial charge in [-0.25, -0.2) is 19.6 Å². The van der Waals surface area contributed by atoms with E-state index in [1.54, 1.807) is 42.1 Å². The van der Waals surface area contributed by atoms with Crippen molar-refractivity contribution in [1.29, 1.82) is 0 Å². The molecular formula is C24H24ClF3N8. The summed E-state index contributed by atoms with van der Waals surface area (Å²) < 4.78 is 44.5. The van der Waals surface area contributed by atoms with Crippen LogP contribution in [0.5, 0.6) is 0 Å².